The average molecular weight is 1880 g/mol. The predicted molar refractivity (Wildman–Crippen MR) is 510 cm³/mol. The average Bonchev–Trinajstić information content (AvgIpc) is 1.69. The van der Waals surface area contributed by atoms with E-state index in [-0.39, 0.29) is 122 Å². The highest BCUT2D eigenvalue weighted by Gasteiger charge is 2.37. The number of primary amides is 2. The van der Waals surface area contributed by atoms with Gasteiger partial charge in [-0.05, 0) is 138 Å². The number of phenolic OH excluding ortho intramolecular Hbond substituents is 2. The number of aromatic nitrogens is 1. The van der Waals surface area contributed by atoms with Gasteiger partial charge in [0.1, 0.15) is 73.1 Å². The van der Waals surface area contributed by atoms with E-state index in [2.05, 4.69) is 121 Å². The Bertz CT molecular complexity index is 4970. The van der Waals surface area contributed by atoms with Gasteiger partial charge in [0.05, 0.1) is 19.4 Å². The van der Waals surface area contributed by atoms with Crippen LogP contribution in [0.3, 0.4) is 0 Å². The summed E-state index contributed by atoms with van der Waals surface area (Å²) in [6.45, 7) is 34.6. The number of carbonyl (C=O) groups excluding carboxylic acids is 11. The molecular formula is C93H143N21O20. The van der Waals surface area contributed by atoms with Gasteiger partial charge in [-0.2, -0.15) is 0 Å². The number of hydrogen-bond donors (Lipinski definition) is 23. The van der Waals surface area contributed by atoms with E-state index in [1.54, 1.807) is 18.3 Å². The minimum Gasteiger partial charge on any atom is -0.507 e. The number of carboxylic acid groups (broad SMARTS) is 3. The maximum atomic E-state index is 13.8. The second kappa shape index (κ2) is 51.9. The van der Waals surface area contributed by atoms with Gasteiger partial charge < -0.3 is 129 Å². The summed E-state index contributed by atoms with van der Waals surface area (Å²) >= 11 is 0. The number of carbonyl (C=O) groups is 14. The van der Waals surface area contributed by atoms with Crippen LogP contribution >= 0.6 is 0 Å². The van der Waals surface area contributed by atoms with Gasteiger partial charge in [-0.15, -0.1) is 0 Å². The van der Waals surface area contributed by atoms with Gasteiger partial charge in [0, 0.05) is 88.5 Å². The highest BCUT2D eigenvalue weighted by Crippen LogP contribution is 2.43. The summed E-state index contributed by atoms with van der Waals surface area (Å²) in [6, 6.07) is 12.7. The fourth-order valence-corrected chi connectivity index (χ4v) is 13.5. The zero-order valence-electron chi connectivity index (χ0n) is 80.4. The Morgan fingerprint density at radius 3 is 1.13 bits per heavy atom. The molecule has 0 fully saturated rings. The Hall–Kier alpha value is -13.8. The van der Waals surface area contributed by atoms with Crippen LogP contribution in [0.15, 0.2) is 87.9 Å². The van der Waals surface area contributed by atoms with E-state index in [9.17, 15) is 77.3 Å². The Morgan fingerprint density at radius 2 is 0.761 bits per heavy atom. The van der Waals surface area contributed by atoms with Gasteiger partial charge in [-0.1, -0.05) is 155 Å². The Morgan fingerprint density at radius 1 is 0.410 bits per heavy atom. The van der Waals surface area contributed by atoms with Gasteiger partial charge in [-0.3, -0.25) is 82.1 Å². The summed E-state index contributed by atoms with van der Waals surface area (Å²) in [5.41, 5.74) is 47.1. The van der Waals surface area contributed by atoms with Crippen LogP contribution < -0.4 is 98.5 Å². The van der Waals surface area contributed by atoms with Gasteiger partial charge in [0.2, 0.25) is 53.2 Å². The van der Waals surface area contributed by atoms with Gasteiger partial charge >= 0.3 is 17.9 Å². The predicted octanol–water partition coefficient (Wildman–Crippen LogP) is 3.57. The number of H-pyrrole nitrogens is 1. The standard InChI is InChI=1S/C39H57N7O6.2C27H43N7O7/c1-7-38(3,4)26-17-18-32(28(22-26)39(5,6)8-2)52-20-12-16-33(47)45-31(21-25-23-43-29-14-10-9-13-27(25)29)36(51)46-30(15-11-19-42-37(40)41)35(50)44-24-34(48)49;1-26(2,3)15-10-14(11-16(21(15)38)27(4,5)6)22(39)33-17(8-7-9-31-25(29)30)24(41)34-18(12-19(28)35)23(40)32-13-20(36)37;1-26(2,3)15-10-14(11-16(21(15)38)27(4,5)6)22(39)34-18(12-19(28)35)24(41)33-17(8-7-9-31-25(29)30)23(40)32-13-20(36)37/h9-10,13-14,17-18,22-23,30-31,43H,7-8,11-12,15-16,19-21,24H2,1-6H3,(H,44,50)(H,45,47)(H,46,51)(H,48,49)(H4,40,41,42);10-11,17-18,38H,7-9,12-13H2,1-6H3,(H2,28,35)(H,32,40)(H,33,39)(H,34,41)(H,36,37)(H4,29,30,31);10-11,17-18,38H,7-9,12-13H2,1-6H3,(H2,28,35)(H,32,40)(H,33,41)(H,34,39)(H,36,37)(H4,29,30,31)/t30-,31-;2*17-,18-/m000/s1. The number of nitrogens with one attached hydrogen (secondary N) is 10. The van der Waals surface area contributed by atoms with Crippen molar-refractivity contribution in [3.63, 3.8) is 0 Å². The monoisotopic (exact) mass is 1870 g/mol. The highest BCUT2D eigenvalue weighted by molar-refractivity contribution is 6.02. The third-order valence-corrected chi connectivity index (χ3v) is 21.8. The molecule has 5 aromatic rings. The molecule has 0 bridgehead atoms. The zero-order chi connectivity index (χ0) is 102. The van der Waals surface area contributed by atoms with Crippen LogP contribution in [0.1, 0.15) is 261 Å². The van der Waals surface area contributed by atoms with E-state index in [1.807, 2.05) is 113 Å². The number of aromatic amines is 1. The lowest BCUT2D eigenvalue weighted by molar-refractivity contribution is -0.139. The first kappa shape index (κ1) is 114. The first-order chi connectivity index (χ1) is 62.0. The number of guanidine groups is 3. The molecule has 41 heteroatoms. The van der Waals surface area contributed by atoms with Crippen LogP contribution in [-0.4, -0.2) is 213 Å². The number of nitrogens with zero attached hydrogens (tertiary/aromatic N) is 3. The number of ether oxygens (including phenoxy) is 1. The zero-order valence-corrected chi connectivity index (χ0v) is 80.4. The van der Waals surface area contributed by atoms with Crippen LogP contribution in [0, 0.1) is 0 Å². The quantitative estimate of drug-likeness (QED) is 0.0150. The normalized spacial score (nSPS) is 12.9. The van der Waals surface area contributed by atoms with E-state index >= 15 is 0 Å². The maximum Gasteiger partial charge on any atom is 0.322 e. The molecule has 0 radical (unpaired) electrons. The SMILES string of the molecule is CC(C)(C)c1cc(C(=O)N[C@@H](CC(N)=O)C(=O)N[C@@H](CCCN=C(N)N)C(=O)NCC(=O)O)cc(C(C)(C)C)c1O.CC(C)(C)c1cc(C(=O)N[C@@H](CCCN=C(N)N)C(=O)N[C@@H](CC(N)=O)C(=O)NCC(=O)O)cc(C(C)(C)C)c1O.CCC(C)(C)c1ccc(OCCCC(=O)N[C@@H](Cc2c[nH]c3ccccc23)C(=O)N[C@@H](CCCN=C(N)N)C(=O)NCC(=O)O)c(C(C)(C)CC)c1. The molecular weight excluding hydrogens is 1730 g/mol. The molecule has 1 aromatic heterocycles. The van der Waals surface area contributed by atoms with Crippen LogP contribution in [0.25, 0.3) is 10.9 Å². The summed E-state index contributed by atoms with van der Waals surface area (Å²) in [5.74, 6) is -11.5. The van der Waals surface area contributed by atoms with E-state index in [0.29, 0.717) is 41.7 Å². The molecule has 0 aliphatic heterocycles. The van der Waals surface area contributed by atoms with Crippen molar-refractivity contribution >= 4 is 112 Å². The molecule has 0 unspecified atom stereocenters. The number of phenols is 2. The number of amides is 11. The first-order valence-electron chi connectivity index (χ1n) is 44.2. The number of rotatable bonds is 47. The van der Waals surface area contributed by atoms with Crippen molar-refractivity contribution in [1.82, 2.24) is 52.8 Å². The van der Waals surface area contributed by atoms with Gasteiger partial charge in [-0.25, -0.2) is 0 Å². The van der Waals surface area contributed by atoms with E-state index in [4.69, 9.17) is 65.9 Å². The Balaban J connectivity index is 0.000000524. The lowest BCUT2D eigenvalue weighted by Crippen LogP contribution is -2.55. The molecule has 1 heterocycles. The molecule has 0 spiro atoms. The Labute approximate surface area is 782 Å². The molecule has 134 heavy (non-hydrogen) atoms. The van der Waals surface area contributed by atoms with Crippen LogP contribution in [0.2, 0.25) is 0 Å². The number of nitrogens with two attached hydrogens (primary N) is 8. The summed E-state index contributed by atoms with van der Waals surface area (Å²) in [7, 11) is 0. The Kier molecular flexibility index (Phi) is 44.3. The lowest BCUT2D eigenvalue weighted by Gasteiger charge is -2.30. The minimum absolute atomic E-state index is 0.0209. The van der Waals surface area contributed by atoms with Crippen molar-refractivity contribution in [3.05, 3.63) is 123 Å². The van der Waals surface area contributed by atoms with Crippen molar-refractivity contribution in [1.29, 1.82) is 0 Å². The second-order valence-electron chi connectivity index (χ2n) is 37.9. The number of aliphatic carboxylic acids is 3. The summed E-state index contributed by atoms with van der Waals surface area (Å²) in [6.07, 6.45) is 4.24. The molecule has 41 nitrogen and oxygen atoms in total. The van der Waals surface area contributed by atoms with Gasteiger partial charge in [0.25, 0.3) is 11.8 Å². The topological polar surface area (TPSA) is 719 Å². The van der Waals surface area contributed by atoms with Crippen LogP contribution in [-0.2, 0) is 96.4 Å². The molecule has 11 amide bonds. The van der Waals surface area contributed by atoms with Crippen molar-refractivity contribution in [3.8, 4) is 17.2 Å². The van der Waals surface area contributed by atoms with E-state index in [0.717, 1.165) is 40.6 Å². The van der Waals surface area contributed by atoms with Crippen molar-refractivity contribution < 1.29 is 97.4 Å². The van der Waals surface area contributed by atoms with Crippen LogP contribution in [0.4, 0.5) is 0 Å². The third kappa shape index (κ3) is 38.9. The molecule has 6 atom stereocenters. The van der Waals surface area contributed by atoms with Crippen molar-refractivity contribution in [2.75, 3.05) is 45.9 Å². The maximum absolute atomic E-state index is 13.8. The summed E-state index contributed by atoms with van der Waals surface area (Å²) < 4.78 is 6.27. The molecule has 0 saturated carbocycles. The lowest BCUT2D eigenvalue weighted by atomic mass is 9.76. The third-order valence-electron chi connectivity index (χ3n) is 21.8. The van der Waals surface area contributed by atoms with E-state index in [1.165, 1.54) is 17.7 Å². The number of para-hydroxylation sites is 1. The largest absolute Gasteiger partial charge is 0.507 e. The fraction of sp³-hybridized carbons (Fsp3) is 0.538. The number of hydrogen-bond acceptors (Lipinski definition) is 20. The fourth-order valence-electron chi connectivity index (χ4n) is 13.5. The number of aliphatic imine (C=N–C) groups is 3. The molecule has 4 aromatic carbocycles. The smallest absolute Gasteiger partial charge is 0.322 e. The summed E-state index contributed by atoms with van der Waals surface area (Å²) in [5, 5.41) is 71.8. The van der Waals surface area contributed by atoms with Crippen molar-refractivity contribution in [2.45, 2.75) is 277 Å². The van der Waals surface area contributed by atoms with Crippen LogP contribution in [0.5, 0.6) is 17.2 Å². The second-order valence-corrected chi connectivity index (χ2v) is 37.9. The highest BCUT2D eigenvalue weighted by atomic mass is 16.5. The number of benzene rings is 4. The molecule has 740 valence electrons. The van der Waals surface area contributed by atoms with E-state index < -0.39 is 167 Å². The summed E-state index contributed by atoms with van der Waals surface area (Å²) in [4.78, 5) is 190. The molecule has 5 rings (SSSR count). The number of aromatic hydroxyl groups is 2. The number of fused-ring (bicyclic) bond motifs is 1. The molecule has 0 aliphatic carbocycles. The molecule has 31 N–H and O–H groups in total. The number of carboxylic acids is 3. The minimum atomic E-state index is -1.48. The first-order valence-corrected chi connectivity index (χ1v) is 44.2. The van der Waals surface area contributed by atoms with Gasteiger partial charge in [0.15, 0.2) is 17.9 Å². The van der Waals surface area contributed by atoms with Crippen molar-refractivity contribution in [2.24, 2.45) is 60.8 Å². The molecule has 0 aliphatic rings. The molecule has 0 saturated heterocycles.